The normalized spacial score (nSPS) is 11.5. The number of ether oxygens (including phenoxy) is 1. The van der Waals surface area contributed by atoms with E-state index in [0.29, 0.717) is 6.42 Å². The number of rotatable bonds is 4. The van der Waals surface area contributed by atoms with Gasteiger partial charge in [0.25, 0.3) is 0 Å². The molecule has 5 aromatic rings. The van der Waals surface area contributed by atoms with Crippen molar-refractivity contribution in [1.82, 2.24) is 24.1 Å². The molecule has 0 amide bonds. The van der Waals surface area contributed by atoms with Crippen LogP contribution in [0, 0.1) is 27.7 Å². The van der Waals surface area contributed by atoms with E-state index in [2.05, 4.69) is 56.5 Å². The minimum atomic E-state index is 0.635. The summed E-state index contributed by atoms with van der Waals surface area (Å²) >= 11 is 0. The molecule has 0 unspecified atom stereocenters. The molecule has 0 saturated carbocycles. The van der Waals surface area contributed by atoms with Gasteiger partial charge in [-0.25, -0.2) is 14.5 Å². The van der Waals surface area contributed by atoms with Gasteiger partial charge in [-0.05, 0) is 68.1 Å². The first-order valence-electron chi connectivity index (χ1n) is 10.4. The first-order valence-corrected chi connectivity index (χ1v) is 10.4. The third kappa shape index (κ3) is 3.06. The SMILES string of the molecule is COc1cccc(Cc2nc3c4c(C)c(C)n(-c5cccc(C)c5C)c4ncn3n2)c1. The molecule has 3 aromatic heterocycles. The van der Waals surface area contributed by atoms with Gasteiger partial charge < -0.3 is 4.74 Å². The minimum absolute atomic E-state index is 0.635. The standard InChI is InChI=1S/C25H25N5O/c1-15-8-6-11-21(16(15)2)30-18(4)17(3)23-24(30)26-14-29-25(23)27-22(28-29)13-19-9-7-10-20(12-19)31-5/h6-12,14H,13H2,1-5H3. The number of methoxy groups -OCH3 is 1. The Kier molecular flexibility index (Phi) is 4.50. The second-order valence-corrected chi connectivity index (χ2v) is 8.03. The van der Waals surface area contributed by atoms with Crippen molar-refractivity contribution in [3.8, 4) is 11.4 Å². The molecule has 0 saturated heterocycles. The Hall–Kier alpha value is -3.67. The van der Waals surface area contributed by atoms with Crippen LogP contribution in [-0.2, 0) is 6.42 Å². The van der Waals surface area contributed by atoms with Gasteiger partial charge in [-0.2, -0.15) is 0 Å². The van der Waals surface area contributed by atoms with Crippen molar-refractivity contribution in [3.05, 3.63) is 82.6 Å². The maximum atomic E-state index is 5.34. The van der Waals surface area contributed by atoms with E-state index in [1.54, 1.807) is 18.0 Å². The summed E-state index contributed by atoms with van der Waals surface area (Å²) < 4.78 is 9.37. The number of hydrogen-bond acceptors (Lipinski definition) is 4. The largest absolute Gasteiger partial charge is 0.497 e. The first kappa shape index (κ1) is 19.3. The molecule has 0 aliphatic carbocycles. The zero-order valence-electron chi connectivity index (χ0n) is 18.5. The van der Waals surface area contributed by atoms with Crippen molar-refractivity contribution in [2.24, 2.45) is 0 Å². The third-order valence-electron chi connectivity index (χ3n) is 6.19. The summed E-state index contributed by atoms with van der Waals surface area (Å²) in [6, 6.07) is 14.4. The summed E-state index contributed by atoms with van der Waals surface area (Å²) in [5.74, 6) is 1.60. The van der Waals surface area contributed by atoms with Crippen LogP contribution in [0.5, 0.6) is 5.75 Å². The molecule has 0 fully saturated rings. The lowest BCUT2D eigenvalue weighted by atomic mass is 10.1. The molecular formula is C25H25N5O. The second kappa shape index (κ2) is 7.23. The average Bonchev–Trinajstić information content (AvgIpc) is 3.28. The van der Waals surface area contributed by atoms with E-state index >= 15 is 0 Å². The van der Waals surface area contributed by atoms with Crippen molar-refractivity contribution in [2.75, 3.05) is 7.11 Å². The predicted octanol–water partition coefficient (Wildman–Crippen LogP) is 4.90. The monoisotopic (exact) mass is 411 g/mol. The number of benzene rings is 2. The van der Waals surface area contributed by atoms with E-state index in [0.717, 1.165) is 39.5 Å². The Balaban J connectivity index is 1.68. The highest BCUT2D eigenvalue weighted by atomic mass is 16.5. The highest BCUT2D eigenvalue weighted by Gasteiger charge is 2.20. The Morgan fingerprint density at radius 2 is 1.74 bits per heavy atom. The van der Waals surface area contributed by atoms with Gasteiger partial charge in [0.2, 0.25) is 0 Å². The quantitative estimate of drug-likeness (QED) is 0.422. The van der Waals surface area contributed by atoms with Crippen LogP contribution in [0.15, 0.2) is 48.8 Å². The summed E-state index contributed by atoms with van der Waals surface area (Å²) in [4.78, 5) is 9.69. The second-order valence-electron chi connectivity index (χ2n) is 8.03. The van der Waals surface area contributed by atoms with Crippen molar-refractivity contribution in [1.29, 1.82) is 0 Å². The van der Waals surface area contributed by atoms with E-state index in [4.69, 9.17) is 19.8 Å². The van der Waals surface area contributed by atoms with Gasteiger partial charge in [0, 0.05) is 12.1 Å². The third-order valence-corrected chi connectivity index (χ3v) is 6.19. The first-order chi connectivity index (χ1) is 15.0. The molecule has 0 atom stereocenters. The molecule has 6 heteroatoms. The van der Waals surface area contributed by atoms with E-state index < -0.39 is 0 Å². The Morgan fingerprint density at radius 1 is 0.935 bits per heavy atom. The Bertz CT molecular complexity index is 1440. The van der Waals surface area contributed by atoms with Gasteiger partial charge in [0.1, 0.15) is 12.1 Å². The summed E-state index contributed by atoms with van der Waals surface area (Å²) in [6.45, 7) is 8.58. The van der Waals surface area contributed by atoms with Crippen molar-refractivity contribution in [2.45, 2.75) is 34.1 Å². The lowest BCUT2D eigenvalue weighted by Crippen LogP contribution is -2.02. The molecule has 3 heterocycles. The lowest BCUT2D eigenvalue weighted by Gasteiger charge is -2.13. The van der Waals surface area contributed by atoms with E-state index in [1.165, 1.54) is 22.4 Å². The van der Waals surface area contributed by atoms with Gasteiger partial charge >= 0.3 is 0 Å². The molecule has 0 radical (unpaired) electrons. The van der Waals surface area contributed by atoms with Crippen LogP contribution >= 0.6 is 0 Å². The fourth-order valence-corrected chi connectivity index (χ4v) is 4.22. The van der Waals surface area contributed by atoms with Gasteiger partial charge in [0.05, 0.1) is 18.2 Å². The smallest absolute Gasteiger partial charge is 0.168 e. The molecular weight excluding hydrogens is 386 g/mol. The van der Waals surface area contributed by atoms with Crippen LogP contribution in [-0.4, -0.2) is 31.3 Å². The van der Waals surface area contributed by atoms with Crippen LogP contribution in [0.3, 0.4) is 0 Å². The highest BCUT2D eigenvalue weighted by molar-refractivity contribution is 5.95. The molecule has 0 N–H and O–H groups in total. The van der Waals surface area contributed by atoms with Gasteiger partial charge in [0.15, 0.2) is 17.1 Å². The summed E-state index contributed by atoms with van der Waals surface area (Å²) in [5, 5.41) is 5.74. The van der Waals surface area contributed by atoms with Gasteiger partial charge in [-0.1, -0.05) is 24.3 Å². The van der Waals surface area contributed by atoms with E-state index in [-0.39, 0.29) is 0 Å². The van der Waals surface area contributed by atoms with Crippen molar-refractivity contribution in [3.63, 3.8) is 0 Å². The molecule has 6 nitrogen and oxygen atoms in total. The fraction of sp³-hybridized carbons (Fsp3) is 0.240. The highest BCUT2D eigenvalue weighted by Crippen LogP contribution is 2.31. The average molecular weight is 412 g/mol. The van der Waals surface area contributed by atoms with Crippen molar-refractivity contribution >= 4 is 16.7 Å². The zero-order chi connectivity index (χ0) is 21.7. The molecule has 5 rings (SSSR count). The minimum Gasteiger partial charge on any atom is -0.497 e. The molecule has 0 bridgehead atoms. The number of aromatic nitrogens is 5. The number of aryl methyl sites for hydroxylation is 2. The fourth-order valence-electron chi connectivity index (χ4n) is 4.22. The summed E-state index contributed by atoms with van der Waals surface area (Å²) in [6.07, 6.45) is 2.40. The number of nitrogens with zero attached hydrogens (tertiary/aromatic N) is 5. The number of fused-ring (bicyclic) bond motifs is 3. The van der Waals surface area contributed by atoms with Gasteiger partial charge in [-0.3, -0.25) is 4.57 Å². The molecule has 0 spiro atoms. The zero-order valence-corrected chi connectivity index (χ0v) is 18.5. The molecule has 2 aromatic carbocycles. The van der Waals surface area contributed by atoms with Gasteiger partial charge in [-0.15, -0.1) is 5.10 Å². The topological polar surface area (TPSA) is 57.2 Å². The maximum Gasteiger partial charge on any atom is 0.168 e. The lowest BCUT2D eigenvalue weighted by molar-refractivity contribution is 0.414. The predicted molar refractivity (Wildman–Crippen MR) is 122 cm³/mol. The van der Waals surface area contributed by atoms with E-state index in [9.17, 15) is 0 Å². The van der Waals surface area contributed by atoms with Crippen LogP contribution in [0.2, 0.25) is 0 Å². The molecule has 0 aliphatic rings. The van der Waals surface area contributed by atoms with Crippen LogP contribution < -0.4 is 4.74 Å². The van der Waals surface area contributed by atoms with Crippen molar-refractivity contribution < 1.29 is 4.74 Å². The molecule has 0 aliphatic heterocycles. The Morgan fingerprint density at radius 3 is 2.55 bits per heavy atom. The van der Waals surface area contributed by atoms with Crippen LogP contribution in [0.4, 0.5) is 0 Å². The molecule has 31 heavy (non-hydrogen) atoms. The maximum absolute atomic E-state index is 5.34. The molecule has 156 valence electrons. The number of hydrogen-bond donors (Lipinski definition) is 0. The van der Waals surface area contributed by atoms with Crippen LogP contribution in [0.1, 0.15) is 33.8 Å². The summed E-state index contributed by atoms with van der Waals surface area (Å²) in [5.41, 5.74) is 8.88. The summed E-state index contributed by atoms with van der Waals surface area (Å²) in [7, 11) is 1.68. The van der Waals surface area contributed by atoms with E-state index in [1.807, 2.05) is 18.2 Å². The Labute approximate surface area is 181 Å². The van der Waals surface area contributed by atoms with Crippen LogP contribution in [0.25, 0.3) is 22.4 Å².